The Kier molecular flexibility index (Phi) is 3.25. The van der Waals surface area contributed by atoms with E-state index in [0.29, 0.717) is 5.92 Å². The molecule has 114 valence electrons. The van der Waals surface area contributed by atoms with Crippen LogP contribution in [0.1, 0.15) is 51.5 Å². The summed E-state index contributed by atoms with van der Waals surface area (Å²) in [6.45, 7) is 3.70. The number of aromatic nitrogens is 2. The fourth-order valence-corrected chi connectivity index (χ4v) is 3.84. The zero-order chi connectivity index (χ0) is 15.1. The molecule has 2 aliphatic rings. The minimum atomic E-state index is 0.175. The van der Waals surface area contributed by atoms with E-state index in [4.69, 9.17) is 0 Å². The van der Waals surface area contributed by atoms with Crippen LogP contribution >= 0.6 is 0 Å². The molecule has 1 amide bonds. The van der Waals surface area contributed by atoms with E-state index in [9.17, 15) is 4.79 Å². The number of rotatable bonds is 2. The first-order chi connectivity index (χ1) is 10.7. The minimum Gasteiger partial charge on any atom is -0.338 e. The van der Waals surface area contributed by atoms with Gasteiger partial charge in [0.25, 0.3) is 5.91 Å². The van der Waals surface area contributed by atoms with Crippen molar-refractivity contribution in [3.8, 4) is 0 Å². The van der Waals surface area contributed by atoms with Gasteiger partial charge >= 0.3 is 0 Å². The minimum absolute atomic E-state index is 0.175. The molecular weight excluding hydrogens is 274 g/mol. The molecule has 1 aliphatic carbocycles. The third-order valence-electron chi connectivity index (χ3n) is 5.10. The predicted molar refractivity (Wildman–Crippen MR) is 85.1 cm³/mol. The van der Waals surface area contributed by atoms with Crippen molar-refractivity contribution in [3.63, 3.8) is 0 Å². The normalized spacial score (nSPS) is 20.4. The van der Waals surface area contributed by atoms with Crippen LogP contribution in [0.4, 0.5) is 0 Å². The second-order valence-electron chi connectivity index (χ2n) is 6.54. The second kappa shape index (κ2) is 5.27. The van der Waals surface area contributed by atoms with Crippen molar-refractivity contribution >= 4 is 5.91 Å². The third-order valence-corrected chi connectivity index (χ3v) is 5.10. The molecule has 2 aromatic rings. The number of hydrogen-bond acceptors (Lipinski definition) is 2. The quantitative estimate of drug-likeness (QED) is 0.926. The third kappa shape index (κ3) is 2.23. The van der Waals surface area contributed by atoms with Crippen molar-refractivity contribution in [2.45, 2.75) is 38.5 Å². The number of aromatic amines is 1. The molecule has 0 saturated carbocycles. The molecule has 1 aromatic heterocycles. The molecule has 1 N–H and O–H groups in total. The van der Waals surface area contributed by atoms with E-state index in [1.165, 1.54) is 28.8 Å². The number of likely N-dealkylation sites (tertiary alicyclic amines) is 1. The number of aryl methyl sites for hydroxylation is 3. The molecule has 22 heavy (non-hydrogen) atoms. The number of nitrogens with one attached hydrogen (secondary N) is 1. The van der Waals surface area contributed by atoms with E-state index in [1.54, 1.807) is 0 Å². The van der Waals surface area contributed by atoms with Gasteiger partial charge in [-0.3, -0.25) is 9.89 Å². The van der Waals surface area contributed by atoms with Crippen LogP contribution in [0.2, 0.25) is 0 Å². The van der Waals surface area contributed by atoms with Crippen LogP contribution < -0.4 is 0 Å². The molecular formula is C18H21N3O. The van der Waals surface area contributed by atoms with Crippen LogP contribution in [0.15, 0.2) is 24.4 Å². The zero-order valence-corrected chi connectivity index (χ0v) is 12.9. The first kappa shape index (κ1) is 13.6. The average molecular weight is 295 g/mol. The highest BCUT2D eigenvalue weighted by Crippen LogP contribution is 2.29. The van der Waals surface area contributed by atoms with Crippen molar-refractivity contribution in [2.75, 3.05) is 13.1 Å². The SMILES string of the molecule is Cc1cn[nH]c1C1CCN(C(=O)c2ccc3c(c2)CCC3)C1. The molecule has 0 spiro atoms. The highest BCUT2D eigenvalue weighted by molar-refractivity contribution is 5.94. The summed E-state index contributed by atoms with van der Waals surface area (Å²) in [5, 5.41) is 7.20. The Balaban J connectivity index is 1.51. The first-order valence-electron chi connectivity index (χ1n) is 8.13. The fraction of sp³-hybridized carbons (Fsp3) is 0.444. The summed E-state index contributed by atoms with van der Waals surface area (Å²) in [6, 6.07) is 6.25. The van der Waals surface area contributed by atoms with Crippen molar-refractivity contribution < 1.29 is 4.79 Å². The number of hydrogen-bond donors (Lipinski definition) is 1. The monoisotopic (exact) mass is 295 g/mol. The number of H-pyrrole nitrogens is 1. The Morgan fingerprint density at radius 3 is 3.00 bits per heavy atom. The van der Waals surface area contributed by atoms with Gasteiger partial charge in [0.2, 0.25) is 0 Å². The Hall–Kier alpha value is -2.10. The lowest BCUT2D eigenvalue weighted by Gasteiger charge is -2.17. The molecule has 1 aliphatic heterocycles. The first-order valence-corrected chi connectivity index (χ1v) is 8.13. The van der Waals surface area contributed by atoms with Gasteiger partial charge in [-0.25, -0.2) is 0 Å². The molecule has 0 radical (unpaired) electrons. The lowest BCUT2D eigenvalue weighted by atomic mass is 10.0. The summed E-state index contributed by atoms with van der Waals surface area (Å²) in [4.78, 5) is 14.7. The molecule has 1 saturated heterocycles. The van der Waals surface area contributed by atoms with Crippen molar-refractivity contribution in [1.82, 2.24) is 15.1 Å². The molecule has 2 heterocycles. The van der Waals surface area contributed by atoms with E-state index >= 15 is 0 Å². The van der Waals surface area contributed by atoms with Crippen LogP contribution in [0, 0.1) is 6.92 Å². The Bertz CT molecular complexity index is 719. The average Bonchev–Trinajstić information content (AvgIpc) is 3.25. The van der Waals surface area contributed by atoms with Gasteiger partial charge in [-0.05, 0) is 61.4 Å². The maximum absolute atomic E-state index is 12.7. The molecule has 4 heteroatoms. The second-order valence-corrected chi connectivity index (χ2v) is 6.54. The van der Waals surface area contributed by atoms with Gasteiger partial charge in [-0.15, -0.1) is 0 Å². The van der Waals surface area contributed by atoms with Gasteiger partial charge in [0, 0.05) is 30.3 Å². The summed E-state index contributed by atoms with van der Waals surface area (Å²) >= 11 is 0. The predicted octanol–water partition coefficient (Wildman–Crippen LogP) is 2.84. The number of benzene rings is 1. The number of nitrogens with zero attached hydrogens (tertiary/aromatic N) is 2. The van der Waals surface area contributed by atoms with E-state index in [2.05, 4.69) is 29.3 Å². The van der Waals surface area contributed by atoms with Crippen LogP contribution in [0.5, 0.6) is 0 Å². The van der Waals surface area contributed by atoms with E-state index in [-0.39, 0.29) is 5.91 Å². The summed E-state index contributed by atoms with van der Waals surface area (Å²) in [7, 11) is 0. The van der Waals surface area contributed by atoms with E-state index in [1.807, 2.05) is 17.2 Å². The van der Waals surface area contributed by atoms with Crippen LogP contribution in [0.3, 0.4) is 0 Å². The number of amides is 1. The molecule has 0 bridgehead atoms. The van der Waals surface area contributed by atoms with Gasteiger partial charge in [-0.2, -0.15) is 5.10 Å². The van der Waals surface area contributed by atoms with E-state index in [0.717, 1.165) is 37.9 Å². The maximum atomic E-state index is 12.7. The maximum Gasteiger partial charge on any atom is 0.253 e. The molecule has 1 fully saturated rings. The van der Waals surface area contributed by atoms with Gasteiger partial charge in [0.15, 0.2) is 0 Å². The summed E-state index contributed by atoms with van der Waals surface area (Å²) < 4.78 is 0. The van der Waals surface area contributed by atoms with Gasteiger partial charge in [0.05, 0.1) is 6.20 Å². The Labute approximate surface area is 130 Å². The highest BCUT2D eigenvalue weighted by atomic mass is 16.2. The topological polar surface area (TPSA) is 49.0 Å². The summed E-state index contributed by atoms with van der Waals surface area (Å²) in [6.07, 6.45) is 6.37. The number of fused-ring (bicyclic) bond motifs is 1. The van der Waals surface area contributed by atoms with Crippen LogP contribution in [-0.2, 0) is 12.8 Å². The highest BCUT2D eigenvalue weighted by Gasteiger charge is 2.30. The Morgan fingerprint density at radius 1 is 1.32 bits per heavy atom. The summed E-state index contributed by atoms with van der Waals surface area (Å²) in [5.41, 5.74) is 6.01. The molecule has 1 aromatic carbocycles. The van der Waals surface area contributed by atoms with Crippen molar-refractivity contribution in [2.24, 2.45) is 0 Å². The fourth-order valence-electron chi connectivity index (χ4n) is 3.84. The molecule has 4 rings (SSSR count). The van der Waals surface area contributed by atoms with Crippen molar-refractivity contribution in [1.29, 1.82) is 0 Å². The zero-order valence-electron chi connectivity index (χ0n) is 12.9. The smallest absolute Gasteiger partial charge is 0.253 e. The lowest BCUT2D eigenvalue weighted by Crippen LogP contribution is -2.28. The van der Waals surface area contributed by atoms with Crippen molar-refractivity contribution in [3.05, 3.63) is 52.3 Å². The molecule has 1 unspecified atom stereocenters. The lowest BCUT2D eigenvalue weighted by molar-refractivity contribution is 0.0790. The van der Waals surface area contributed by atoms with Crippen LogP contribution in [-0.4, -0.2) is 34.1 Å². The van der Waals surface area contributed by atoms with Gasteiger partial charge in [-0.1, -0.05) is 6.07 Å². The molecule has 4 nitrogen and oxygen atoms in total. The summed E-state index contributed by atoms with van der Waals surface area (Å²) in [5.74, 6) is 0.565. The standard InChI is InChI=1S/C18H21N3O/c1-12-10-19-20-17(12)16-7-8-21(11-16)18(22)15-6-5-13-3-2-4-14(13)9-15/h5-6,9-10,16H,2-4,7-8,11H2,1H3,(H,19,20). The number of carbonyl (C=O) groups is 1. The Morgan fingerprint density at radius 2 is 2.18 bits per heavy atom. The van der Waals surface area contributed by atoms with Gasteiger partial charge in [0.1, 0.15) is 0 Å². The molecule has 1 atom stereocenters. The van der Waals surface area contributed by atoms with Gasteiger partial charge < -0.3 is 4.90 Å². The number of carbonyl (C=O) groups excluding carboxylic acids is 1. The van der Waals surface area contributed by atoms with E-state index < -0.39 is 0 Å². The van der Waals surface area contributed by atoms with Crippen LogP contribution in [0.25, 0.3) is 0 Å². The largest absolute Gasteiger partial charge is 0.338 e.